The first kappa shape index (κ1) is 15.7. The molecule has 0 unspecified atom stereocenters. The second-order valence-corrected chi connectivity index (χ2v) is 7.40. The van der Waals surface area contributed by atoms with Gasteiger partial charge in [0.1, 0.15) is 0 Å². The summed E-state index contributed by atoms with van der Waals surface area (Å²) in [4.78, 5) is 4.66. The highest BCUT2D eigenvalue weighted by atomic mass is 16.3. The van der Waals surface area contributed by atoms with Gasteiger partial charge < -0.3 is 14.9 Å². The van der Waals surface area contributed by atoms with Gasteiger partial charge in [0, 0.05) is 31.6 Å². The maximum absolute atomic E-state index is 10.6. The average molecular weight is 304 g/mol. The molecular formula is C17H28N4O. The van der Waals surface area contributed by atoms with E-state index in [1.54, 1.807) is 0 Å². The van der Waals surface area contributed by atoms with Crippen molar-refractivity contribution in [3.63, 3.8) is 0 Å². The summed E-state index contributed by atoms with van der Waals surface area (Å²) in [5.74, 6) is 1.35. The number of nitrogens with zero attached hydrogens (tertiary/aromatic N) is 4. The third-order valence-corrected chi connectivity index (χ3v) is 5.27. The number of anilines is 1. The average Bonchev–Trinajstić information content (AvgIpc) is 2.52. The molecule has 22 heavy (non-hydrogen) atoms. The normalized spacial score (nSPS) is 30.2. The molecule has 0 amide bonds. The Balaban J connectivity index is 1.77. The molecule has 1 aromatic rings. The number of aromatic nitrogens is 2. The van der Waals surface area contributed by atoms with Crippen LogP contribution in [0.5, 0.6) is 0 Å². The Hall–Kier alpha value is -1.20. The molecule has 5 nitrogen and oxygen atoms in total. The first-order valence-corrected chi connectivity index (χ1v) is 8.45. The molecule has 0 radical (unpaired) electrons. The SMILES string of the molecule is CC(C)c1ccc(N2CCC[C@]3(CN(C)CC[C@@H]3O)C2)nn1. The predicted molar refractivity (Wildman–Crippen MR) is 88.1 cm³/mol. The van der Waals surface area contributed by atoms with Crippen molar-refractivity contribution >= 4 is 5.82 Å². The molecule has 3 heterocycles. The van der Waals surface area contributed by atoms with E-state index in [0.717, 1.165) is 57.0 Å². The van der Waals surface area contributed by atoms with E-state index in [2.05, 4.69) is 53.0 Å². The van der Waals surface area contributed by atoms with Crippen LogP contribution >= 0.6 is 0 Å². The van der Waals surface area contributed by atoms with Crippen molar-refractivity contribution < 1.29 is 5.11 Å². The van der Waals surface area contributed by atoms with Crippen molar-refractivity contribution in [3.05, 3.63) is 17.8 Å². The molecule has 5 heteroatoms. The van der Waals surface area contributed by atoms with Gasteiger partial charge in [-0.1, -0.05) is 13.8 Å². The van der Waals surface area contributed by atoms with E-state index in [1.807, 2.05) is 0 Å². The van der Waals surface area contributed by atoms with Crippen molar-refractivity contribution in [2.45, 2.75) is 45.1 Å². The maximum Gasteiger partial charge on any atom is 0.151 e. The van der Waals surface area contributed by atoms with E-state index in [-0.39, 0.29) is 11.5 Å². The predicted octanol–water partition coefficient (Wildman–Crippen LogP) is 1.88. The maximum atomic E-state index is 10.6. The minimum atomic E-state index is -0.200. The van der Waals surface area contributed by atoms with Crippen molar-refractivity contribution in [2.24, 2.45) is 5.41 Å². The highest BCUT2D eigenvalue weighted by molar-refractivity contribution is 5.39. The molecule has 0 aliphatic carbocycles. The number of aliphatic hydroxyl groups excluding tert-OH is 1. The van der Waals surface area contributed by atoms with Crippen LogP contribution in [0.4, 0.5) is 5.82 Å². The molecule has 2 fully saturated rings. The Morgan fingerprint density at radius 2 is 2.05 bits per heavy atom. The molecule has 0 aromatic carbocycles. The van der Waals surface area contributed by atoms with Crippen LogP contribution in [0.3, 0.4) is 0 Å². The molecule has 0 bridgehead atoms. The summed E-state index contributed by atoms with van der Waals surface area (Å²) < 4.78 is 0. The summed E-state index contributed by atoms with van der Waals surface area (Å²) in [6.07, 6.45) is 2.89. The van der Waals surface area contributed by atoms with Gasteiger partial charge in [-0.25, -0.2) is 0 Å². The van der Waals surface area contributed by atoms with Crippen LogP contribution in [0.25, 0.3) is 0 Å². The lowest BCUT2D eigenvalue weighted by atomic mass is 9.71. The lowest BCUT2D eigenvalue weighted by molar-refractivity contribution is -0.0466. The van der Waals surface area contributed by atoms with Gasteiger partial charge in [0.25, 0.3) is 0 Å². The fourth-order valence-corrected chi connectivity index (χ4v) is 3.94. The molecule has 1 spiro atoms. The van der Waals surface area contributed by atoms with Gasteiger partial charge in [0.2, 0.25) is 0 Å². The first-order chi connectivity index (χ1) is 10.5. The number of rotatable bonds is 2. The third kappa shape index (κ3) is 2.97. The standard InChI is InChI=1S/C17H28N4O/c1-13(2)14-5-6-16(19-18-14)21-9-4-8-17(12-21)11-20(3)10-7-15(17)22/h5-6,13,15,22H,4,7-12H2,1-3H3/t15-,17-/m0/s1. The Labute approximate surface area is 133 Å². The van der Waals surface area contributed by atoms with Crippen LogP contribution in [0.2, 0.25) is 0 Å². The molecule has 2 saturated heterocycles. The van der Waals surface area contributed by atoms with Crippen molar-refractivity contribution in [1.29, 1.82) is 0 Å². The van der Waals surface area contributed by atoms with Crippen molar-refractivity contribution in [3.8, 4) is 0 Å². The number of piperidine rings is 2. The molecular weight excluding hydrogens is 276 g/mol. The van der Waals surface area contributed by atoms with E-state index >= 15 is 0 Å². The monoisotopic (exact) mass is 304 g/mol. The Morgan fingerprint density at radius 1 is 1.23 bits per heavy atom. The number of hydrogen-bond donors (Lipinski definition) is 1. The number of likely N-dealkylation sites (tertiary alicyclic amines) is 1. The summed E-state index contributed by atoms with van der Waals surface area (Å²) in [7, 11) is 2.16. The van der Waals surface area contributed by atoms with Crippen molar-refractivity contribution in [1.82, 2.24) is 15.1 Å². The lowest BCUT2D eigenvalue weighted by Gasteiger charge is -2.50. The summed E-state index contributed by atoms with van der Waals surface area (Å²) in [6, 6.07) is 4.16. The van der Waals surface area contributed by atoms with Crippen LogP contribution < -0.4 is 4.90 Å². The van der Waals surface area contributed by atoms with Crippen LogP contribution in [-0.4, -0.2) is 59.5 Å². The number of aliphatic hydroxyl groups is 1. The molecule has 2 aliphatic rings. The van der Waals surface area contributed by atoms with E-state index in [9.17, 15) is 5.11 Å². The second kappa shape index (κ2) is 6.13. The van der Waals surface area contributed by atoms with Crippen LogP contribution in [0.15, 0.2) is 12.1 Å². The van der Waals surface area contributed by atoms with Crippen LogP contribution in [-0.2, 0) is 0 Å². The van der Waals surface area contributed by atoms with Gasteiger partial charge in [0.05, 0.1) is 11.8 Å². The van der Waals surface area contributed by atoms with Gasteiger partial charge in [-0.15, -0.1) is 5.10 Å². The summed E-state index contributed by atoms with van der Waals surface area (Å²) in [5, 5.41) is 19.4. The Bertz CT molecular complexity index is 504. The van der Waals surface area contributed by atoms with Gasteiger partial charge in [-0.05, 0) is 44.4 Å². The van der Waals surface area contributed by atoms with Gasteiger partial charge in [-0.3, -0.25) is 0 Å². The largest absolute Gasteiger partial charge is 0.392 e. The molecule has 2 aliphatic heterocycles. The Kier molecular flexibility index (Phi) is 4.37. The van der Waals surface area contributed by atoms with E-state index in [0.29, 0.717) is 5.92 Å². The molecule has 122 valence electrons. The lowest BCUT2D eigenvalue weighted by Crippen LogP contribution is -2.58. The van der Waals surface area contributed by atoms with Crippen molar-refractivity contribution in [2.75, 3.05) is 38.1 Å². The zero-order valence-electron chi connectivity index (χ0n) is 14.0. The summed E-state index contributed by atoms with van der Waals surface area (Å²) in [5.41, 5.74) is 1.02. The van der Waals surface area contributed by atoms with Crippen LogP contribution in [0, 0.1) is 5.41 Å². The summed E-state index contributed by atoms with van der Waals surface area (Å²) >= 11 is 0. The topological polar surface area (TPSA) is 52.5 Å². The van der Waals surface area contributed by atoms with Gasteiger partial charge in [0.15, 0.2) is 5.82 Å². The molecule has 1 aromatic heterocycles. The van der Waals surface area contributed by atoms with Crippen LogP contribution in [0.1, 0.15) is 44.7 Å². The molecule has 0 saturated carbocycles. The van der Waals surface area contributed by atoms with E-state index in [4.69, 9.17) is 0 Å². The highest BCUT2D eigenvalue weighted by Crippen LogP contribution is 2.39. The highest BCUT2D eigenvalue weighted by Gasteiger charge is 2.44. The minimum absolute atomic E-state index is 0.0103. The van der Waals surface area contributed by atoms with Gasteiger partial charge >= 0.3 is 0 Å². The van der Waals surface area contributed by atoms with Gasteiger partial charge in [-0.2, -0.15) is 5.10 Å². The summed E-state index contributed by atoms with van der Waals surface area (Å²) in [6.45, 7) is 8.12. The fourth-order valence-electron chi connectivity index (χ4n) is 3.94. The van der Waals surface area contributed by atoms with E-state index < -0.39 is 0 Å². The molecule has 3 rings (SSSR count). The second-order valence-electron chi connectivity index (χ2n) is 7.40. The number of hydrogen-bond acceptors (Lipinski definition) is 5. The quantitative estimate of drug-likeness (QED) is 0.904. The third-order valence-electron chi connectivity index (χ3n) is 5.27. The smallest absolute Gasteiger partial charge is 0.151 e. The zero-order chi connectivity index (χ0) is 15.7. The zero-order valence-corrected chi connectivity index (χ0v) is 14.0. The Morgan fingerprint density at radius 3 is 2.73 bits per heavy atom. The first-order valence-electron chi connectivity index (χ1n) is 8.45. The molecule has 2 atom stereocenters. The molecule has 1 N–H and O–H groups in total. The fraction of sp³-hybridized carbons (Fsp3) is 0.765. The van der Waals surface area contributed by atoms with E-state index in [1.165, 1.54) is 0 Å². The minimum Gasteiger partial charge on any atom is -0.392 e.